The van der Waals surface area contributed by atoms with Crippen molar-refractivity contribution < 1.29 is 9.90 Å². The first-order valence-corrected chi connectivity index (χ1v) is 12.9. The molecule has 3 aromatic rings. The fourth-order valence-corrected chi connectivity index (χ4v) is 5.94. The number of aliphatic hydroxyl groups is 1. The van der Waals surface area contributed by atoms with Crippen molar-refractivity contribution in [3.05, 3.63) is 34.6 Å². The van der Waals surface area contributed by atoms with Crippen LogP contribution in [0.4, 0.5) is 22.7 Å². The van der Waals surface area contributed by atoms with Crippen molar-refractivity contribution in [2.75, 3.05) is 22.1 Å². The quantitative estimate of drug-likeness (QED) is 0.420. The number of hydrogen-bond acceptors (Lipinski definition) is 9. The molecule has 0 bridgehead atoms. The Hall–Kier alpha value is -3.05. The zero-order chi connectivity index (χ0) is 23.1. The number of hydrogen-bond donors (Lipinski definition) is 4. The van der Waals surface area contributed by atoms with Gasteiger partial charge in [0.25, 0.3) is 0 Å². The van der Waals surface area contributed by atoms with E-state index in [0.29, 0.717) is 48.0 Å². The van der Waals surface area contributed by atoms with Gasteiger partial charge in [0, 0.05) is 41.4 Å². The number of carbonyl (C=O) groups excluding carboxylic acids is 1. The van der Waals surface area contributed by atoms with Crippen LogP contribution in [0, 0.1) is 0 Å². The molecule has 34 heavy (non-hydrogen) atoms. The van der Waals surface area contributed by atoms with E-state index in [4.69, 9.17) is 9.97 Å². The highest BCUT2D eigenvalue weighted by Crippen LogP contribution is 2.39. The first-order chi connectivity index (χ1) is 16.7. The van der Waals surface area contributed by atoms with Crippen LogP contribution in [0.5, 0.6) is 0 Å². The Morgan fingerprint density at radius 1 is 1.18 bits per heavy atom. The Kier molecular flexibility index (Phi) is 5.66. The van der Waals surface area contributed by atoms with E-state index in [9.17, 15) is 9.90 Å². The number of nitrogens with zero attached hydrogens (tertiary/aromatic N) is 5. The maximum Gasteiger partial charge on any atom is 0.248 e. The van der Waals surface area contributed by atoms with Gasteiger partial charge in [-0.2, -0.15) is 10.1 Å². The summed E-state index contributed by atoms with van der Waals surface area (Å²) in [5.41, 5.74) is 2.71. The molecule has 1 saturated carbocycles. The van der Waals surface area contributed by atoms with Crippen molar-refractivity contribution in [3.8, 4) is 0 Å². The molecule has 1 amide bonds. The molecule has 6 rings (SSSR count). The van der Waals surface area contributed by atoms with Crippen LogP contribution in [-0.4, -0.2) is 48.7 Å². The highest BCUT2D eigenvalue weighted by atomic mass is 32.1. The molecule has 3 aromatic heterocycles. The Bertz CT molecular complexity index is 1170. The predicted octanol–water partition coefficient (Wildman–Crippen LogP) is 3.64. The Labute approximate surface area is 201 Å². The third-order valence-electron chi connectivity index (χ3n) is 7.11. The summed E-state index contributed by atoms with van der Waals surface area (Å²) in [6.45, 7) is 0.699. The number of amides is 1. The van der Waals surface area contributed by atoms with E-state index in [-0.39, 0.29) is 11.9 Å². The molecule has 10 nitrogen and oxygen atoms in total. The minimum Gasteiger partial charge on any atom is -0.388 e. The van der Waals surface area contributed by atoms with Gasteiger partial charge in [0.15, 0.2) is 10.9 Å². The smallest absolute Gasteiger partial charge is 0.248 e. The molecule has 0 unspecified atom stereocenters. The minimum atomic E-state index is -0.609. The molecule has 2 aliphatic carbocycles. The predicted molar refractivity (Wildman–Crippen MR) is 130 cm³/mol. The van der Waals surface area contributed by atoms with Gasteiger partial charge in [-0.05, 0) is 38.5 Å². The lowest BCUT2D eigenvalue weighted by molar-refractivity contribution is -0.117. The van der Waals surface area contributed by atoms with Crippen molar-refractivity contribution >= 4 is 40.0 Å². The fourth-order valence-electron chi connectivity index (χ4n) is 5.41. The van der Waals surface area contributed by atoms with Crippen LogP contribution in [0.25, 0.3) is 0 Å². The standard InChI is InChI=1S/C23H28N8O2S/c32-17-8-7-14-19(17)20(26-18-12-15(29-30-18)13-4-1-2-5-13)27-22(25-14)31-10-3-6-16(31)21(33)28-23-24-9-11-34-23/h9,11-13,16-17,32H,1-8,10H2,(H,24,28,33)(H2,25,26,27,29,30)/t16-,17-/m0/s1. The van der Waals surface area contributed by atoms with Crippen molar-refractivity contribution in [2.45, 2.75) is 69.4 Å². The molecular formula is C23H28N8O2S. The summed E-state index contributed by atoms with van der Waals surface area (Å²) in [5.74, 6) is 2.20. The van der Waals surface area contributed by atoms with Crippen molar-refractivity contribution in [3.63, 3.8) is 0 Å². The van der Waals surface area contributed by atoms with Gasteiger partial charge in [0.05, 0.1) is 11.8 Å². The first kappa shape index (κ1) is 21.5. The second-order valence-electron chi connectivity index (χ2n) is 9.28. The molecule has 178 valence electrons. The minimum absolute atomic E-state index is 0.0976. The molecule has 4 heterocycles. The Morgan fingerprint density at radius 3 is 2.88 bits per heavy atom. The van der Waals surface area contributed by atoms with Gasteiger partial charge in [0.2, 0.25) is 11.9 Å². The largest absolute Gasteiger partial charge is 0.388 e. The van der Waals surface area contributed by atoms with Gasteiger partial charge in [0.1, 0.15) is 11.9 Å². The number of aromatic nitrogens is 5. The number of anilines is 4. The number of H-pyrrole nitrogens is 1. The second kappa shape index (κ2) is 8.95. The zero-order valence-corrected chi connectivity index (χ0v) is 19.6. The van der Waals surface area contributed by atoms with Crippen molar-refractivity contribution in [1.29, 1.82) is 0 Å². The number of aryl methyl sites for hydroxylation is 1. The average molecular weight is 481 g/mol. The van der Waals surface area contributed by atoms with Crippen LogP contribution in [0.3, 0.4) is 0 Å². The maximum absolute atomic E-state index is 13.0. The highest BCUT2D eigenvalue weighted by molar-refractivity contribution is 7.13. The van der Waals surface area contributed by atoms with Crippen LogP contribution in [0.1, 0.15) is 73.9 Å². The van der Waals surface area contributed by atoms with Crippen LogP contribution >= 0.6 is 11.3 Å². The molecule has 0 aromatic carbocycles. The van der Waals surface area contributed by atoms with E-state index in [1.165, 1.54) is 37.0 Å². The summed E-state index contributed by atoms with van der Waals surface area (Å²) in [6.07, 6.45) is 8.86. The summed E-state index contributed by atoms with van der Waals surface area (Å²) in [6, 6.07) is 1.69. The third-order valence-corrected chi connectivity index (χ3v) is 7.80. The van der Waals surface area contributed by atoms with Crippen LogP contribution < -0.4 is 15.5 Å². The topological polar surface area (TPSA) is 132 Å². The van der Waals surface area contributed by atoms with Gasteiger partial charge in [-0.15, -0.1) is 11.3 Å². The van der Waals surface area contributed by atoms with E-state index in [1.807, 2.05) is 16.3 Å². The van der Waals surface area contributed by atoms with Gasteiger partial charge in [-0.25, -0.2) is 9.97 Å². The summed E-state index contributed by atoms with van der Waals surface area (Å²) in [5, 5.41) is 26.9. The monoisotopic (exact) mass is 480 g/mol. The molecule has 1 aliphatic heterocycles. The van der Waals surface area contributed by atoms with Crippen molar-refractivity contribution in [2.24, 2.45) is 0 Å². The molecule has 0 spiro atoms. The lowest BCUT2D eigenvalue weighted by Crippen LogP contribution is -2.40. The number of thiazole rings is 1. The van der Waals surface area contributed by atoms with E-state index in [0.717, 1.165) is 29.8 Å². The normalized spacial score (nSPS) is 22.3. The molecule has 1 saturated heterocycles. The SMILES string of the molecule is O=C(Nc1nccs1)[C@@H]1CCCN1c1nc2c(c(Nc3cc(C4CCCC4)[nH]n3)n1)[C@@H](O)CC2. The lowest BCUT2D eigenvalue weighted by atomic mass is 10.0. The number of aliphatic hydroxyl groups excluding tert-OH is 1. The molecule has 2 fully saturated rings. The lowest BCUT2D eigenvalue weighted by Gasteiger charge is -2.25. The van der Waals surface area contributed by atoms with E-state index >= 15 is 0 Å². The molecule has 11 heteroatoms. The summed E-state index contributed by atoms with van der Waals surface area (Å²) < 4.78 is 0. The van der Waals surface area contributed by atoms with Gasteiger partial charge in [-0.3, -0.25) is 9.89 Å². The van der Waals surface area contributed by atoms with E-state index in [1.54, 1.807) is 6.20 Å². The van der Waals surface area contributed by atoms with Gasteiger partial charge >= 0.3 is 0 Å². The van der Waals surface area contributed by atoms with Gasteiger partial charge < -0.3 is 20.6 Å². The number of aromatic amines is 1. The second-order valence-corrected chi connectivity index (χ2v) is 10.2. The number of nitrogens with one attached hydrogen (secondary N) is 3. The van der Waals surface area contributed by atoms with Gasteiger partial charge in [-0.1, -0.05) is 12.8 Å². The van der Waals surface area contributed by atoms with E-state index in [2.05, 4.69) is 25.8 Å². The van der Waals surface area contributed by atoms with Crippen LogP contribution in [0.2, 0.25) is 0 Å². The third kappa shape index (κ3) is 4.03. The van der Waals surface area contributed by atoms with Crippen LogP contribution in [-0.2, 0) is 11.2 Å². The maximum atomic E-state index is 13.0. The molecule has 2 atom stereocenters. The fraction of sp³-hybridized carbons (Fsp3) is 0.522. The van der Waals surface area contributed by atoms with E-state index < -0.39 is 6.10 Å². The zero-order valence-electron chi connectivity index (χ0n) is 18.8. The molecule has 4 N–H and O–H groups in total. The first-order valence-electron chi connectivity index (χ1n) is 12.0. The summed E-state index contributed by atoms with van der Waals surface area (Å²) >= 11 is 1.40. The van der Waals surface area contributed by atoms with Crippen LogP contribution in [0.15, 0.2) is 17.6 Å². The Morgan fingerprint density at radius 2 is 2.06 bits per heavy atom. The molecule has 0 radical (unpaired) electrons. The molecule has 3 aliphatic rings. The summed E-state index contributed by atoms with van der Waals surface area (Å²) in [7, 11) is 0. The highest BCUT2D eigenvalue weighted by Gasteiger charge is 2.35. The molecular weight excluding hydrogens is 452 g/mol. The average Bonchev–Trinajstić information content (AvgIpc) is 3.65. The summed E-state index contributed by atoms with van der Waals surface area (Å²) in [4.78, 5) is 28.7. The Balaban J connectivity index is 1.28. The number of rotatable bonds is 6. The number of fused-ring (bicyclic) bond motifs is 1. The van der Waals surface area contributed by atoms with Crippen molar-refractivity contribution in [1.82, 2.24) is 25.1 Å². The number of carbonyl (C=O) groups is 1.